The van der Waals surface area contributed by atoms with E-state index < -0.39 is 0 Å². The summed E-state index contributed by atoms with van der Waals surface area (Å²) in [5, 5.41) is 0. The van der Waals surface area contributed by atoms with Gasteiger partial charge in [0.05, 0.1) is 19.0 Å². The molecule has 0 radical (unpaired) electrons. The summed E-state index contributed by atoms with van der Waals surface area (Å²) in [6.07, 6.45) is 1.34. The van der Waals surface area contributed by atoms with E-state index in [0.29, 0.717) is 32.0 Å². The van der Waals surface area contributed by atoms with Crippen molar-refractivity contribution in [3.63, 3.8) is 0 Å². The maximum absolute atomic E-state index is 12.6. The summed E-state index contributed by atoms with van der Waals surface area (Å²) in [5.74, 6) is 1.37. The molecule has 0 aromatic heterocycles. The Morgan fingerprint density at radius 2 is 1.96 bits per heavy atom. The topological polar surface area (TPSA) is 49.9 Å². The molecule has 2 saturated heterocycles. The van der Waals surface area contributed by atoms with Crippen molar-refractivity contribution in [1.82, 2.24) is 9.80 Å². The number of aryl methyl sites for hydroxylation is 1. The number of hydrogen-bond acceptors (Lipinski definition) is 3. The molecule has 2 amide bonds. The molecular formula is C20H28N2O3. The van der Waals surface area contributed by atoms with E-state index >= 15 is 0 Å². The van der Waals surface area contributed by atoms with Crippen molar-refractivity contribution in [2.45, 2.75) is 39.7 Å². The summed E-state index contributed by atoms with van der Waals surface area (Å²) >= 11 is 0. The zero-order valence-corrected chi connectivity index (χ0v) is 15.4. The second-order valence-electron chi connectivity index (χ2n) is 7.54. The van der Waals surface area contributed by atoms with Crippen molar-refractivity contribution >= 4 is 11.8 Å². The van der Waals surface area contributed by atoms with Gasteiger partial charge in [-0.15, -0.1) is 0 Å². The van der Waals surface area contributed by atoms with Gasteiger partial charge in [-0.25, -0.2) is 0 Å². The molecule has 2 aliphatic heterocycles. The second kappa shape index (κ2) is 7.46. The number of carbonyl (C=O) groups excluding carboxylic acids is 2. The van der Waals surface area contributed by atoms with Crippen LogP contribution in [-0.2, 0) is 16.0 Å². The fraction of sp³-hybridized carbons (Fsp3) is 0.600. The summed E-state index contributed by atoms with van der Waals surface area (Å²) in [6.45, 7) is 8.83. The molecule has 2 heterocycles. The average Bonchev–Trinajstić information content (AvgIpc) is 2.90. The SMILES string of the molecule is CCc1ccccc1OC1CN(C(=O)C2CC(=O)N(CC(C)C)C2)C1. The largest absolute Gasteiger partial charge is 0.486 e. The maximum atomic E-state index is 12.6. The van der Waals surface area contributed by atoms with E-state index in [1.807, 2.05) is 28.0 Å². The Labute approximate surface area is 149 Å². The molecule has 25 heavy (non-hydrogen) atoms. The van der Waals surface area contributed by atoms with Gasteiger partial charge in [-0.1, -0.05) is 39.0 Å². The van der Waals surface area contributed by atoms with Crippen LogP contribution in [0.2, 0.25) is 0 Å². The number of carbonyl (C=O) groups is 2. The fourth-order valence-electron chi connectivity index (χ4n) is 3.60. The lowest BCUT2D eigenvalue weighted by molar-refractivity contribution is -0.144. The lowest BCUT2D eigenvalue weighted by Gasteiger charge is -2.40. The van der Waals surface area contributed by atoms with Crippen LogP contribution in [-0.4, -0.2) is 53.9 Å². The molecule has 136 valence electrons. The lowest BCUT2D eigenvalue weighted by Crippen LogP contribution is -2.57. The Morgan fingerprint density at radius 1 is 1.24 bits per heavy atom. The molecule has 1 aromatic rings. The summed E-state index contributed by atoms with van der Waals surface area (Å²) in [7, 11) is 0. The molecule has 0 bridgehead atoms. The minimum Gasteiger partial charge on any atom is -0.486 e. The van der Waals surface area contributed by atoms with Gasteiger partial charge < -0.3 is 14.5 Å². The number of rotatable bonds is 6. The second-order valence-corrected chi connectivity index (χ2v) is 7.54. The third-order valence-electron chi connectivity index (χ3n) is 4.96. The number of amides is 2. The monoisotopic (exact) mass is 344 g/mol. The summed E-state index contributed by atoms with van der Waals surface area (Å²) in [5.41, 5.74) is 1.19. The van der Waals surface area contributed by atoms with Gasteiger partial charge in [0.1, 0.15) is 11.9 Å². The Kier molecular flexibility index (Phi) is 5.30. The highest BCUT2D eigenvalue weighted by Crippen LogP contribution is 2.26. The Balaban J connectivity index is 1.49. The first kappa shape index (κ1) is 17.8. The predicted octanol–water partition coefficient (Wildman–Crippen LogP) is 2.34. The number of para-hydroxylation sites is 1. The molecule has 5 nitrogen and oxygen atoms in total. The van der Waals surface area contributed by atoms with Gasteiger partial charge in [0.2, 0.25) is 11.8 Å². The molecule has 0 aliphatic carbocycles. The van der Waals surface area contributed by atoms with Crippen molar-refractivity contribution < 1.29 is 14.3 Å². The van der Waals surface area contributed by atoms with Crippen molar-refractivity contribution in [1.29, 1.82) is 0 Å². The van der Waals surface area contributed by atoms with E-state index in [1.165, 1.54) is 5.56 Å². The third-order valence-corrected chi connectivity index (χ3v) is 4.96. The van der Waals surface area contributed by atoms with Crippen LogP contribution >= 0.6 is 0 Å². The Morgan fingerprint density at radius 3 is 2.64 bits per heavy atom. The van der Waals surface area contributed by atoms with E-state index in [-0.39, 0.29) is 23.8 Å². The molecule has 0 spiro atoms. The molecule has 1 aromatic carbocycles. The molecule has 1 atom stereocenters. The third kappa shape index (κ3) is 3.97. The highest BCUT2D eigenvalue weighted by molar-refractivity contribution is 5.89. The van der Waals surface area contributed by atoms with E-state index in [1.54, 1.807) is 0 Å². The van der Waals surface area contributed by atoms with Gasteiger partial charge in [-0.3, -0.25) is 9.59 Å². The fourth-order valence-corrected chi connectivity index (χ4v) is 3.60. The van der Waals surface area contributed by atoms with E-state index in [9.17, 15) is 9.59 Å². The van der Waals surface area contributed by atoms with Crippen molar-refractivity contribution in [3.8, 4) is 5.75 Å². The van der Waals surface area contributed by atoms with Gasteiger partial charge in [0.25, 0.3) is 0 Å². The summed E-state index contributed by atoms with van der Waals surface area (Å²) in [4.78, 5) is 28.3. The van der Waals surface area contributed by atoms with Gasteiger partial charge >= 0.3 is 0 Å². The minimum atomic E-state index is -0.185. The number of ether oxygens (including phenoxy) is 1. The van der Waals surface area contributed by atoms with Crippen molar-refractivity contribution in [2.75, 3.05) is 26.2 Å². The van der Waals surface area contributed by atoms with E-state index in [0.717, 1.165) is 18.7 Å². The quantitative estimate of drug-likeness (QED) is 0.796. The number of benzene rings is 1. The molecule has 1 unspecified atom stereocenters. The first-order chi connectivity index (χ1) is 12.0. The van der Waals surface area contributed by atoms with E-state index in [4.69, 9.17) is 4.74 Å². The van der Waals surface area contributed by atoms with Gasteiger partial charge in [0, 0.05) is 19.5 Å². The standard InChI is InChI=1S/C20H28N2O3/c1-4-15-7-5-6-8-18(15)25-17-12-22(13-17)20(24)16-9-19(23)21(11-16)10-14(2)3/h5-8,14,16-17H,4,9-13H2,1-3H3. The number of hydrogen-bond donors (Lipinski definition) is 0. The van der Waals surface area contributed by atoms with Crippen LogP contribution in [0.15, 0.2) is 24.3 Å². The van der Waals surface area contributed by atoms with Crippen LogP contribution in [0.1, 0.15) is 32.8 Å². The van der Waals surface area contributed by atoms with Crippen molar-refractivity contribution in [2.24, 2.45) is 11.8 Å². The lowest BCUT2D eigenvalue weighted by atomic mass is 10.0. The van der Waals surface area contributed by atoms with Crippen LogP contribution in [0.4, 0.5) is 0 Å². The first-order valence-electron chi connectivity index (χ1n) is 9.29. The van der Waals surface area contributed by atoms with Crippen LogP contribution in [0.5, 0.6) is 5.75 Å². The molecule has 3 rings (SSSR count). The Bertz CT molecular complexity index is 638. The summed E-state index contributed by atoms with van der Waals surface area (Å²) < 4.78 is 6.04. The van der Waals surface area contributed by atoms with Crippen LogP contribution in [0.3, 0.4) is 0 Å². The summed E-state index contributed by atoms with van der Waals surface area (Å²) in [6, 6.07) is 8.05. The van der Waals surface area contributed by atoms with Gasteiger partial charge in [-0.05, 0) is 24.0 Å². The van der Waals surface area contributed by atoms with Gasteiger partial charge in [-0.2, -0.15) is 0 Å². The van der Waals surface area contributed by atoms with Crippen LogP contribution < -0.4 is 4.74 Å². The molecule has 2 fully saturated rings. The van der Waals surface area contributed by atoms with Gasteiger partial charge in [0.15, 0.2) is 0 Å². The molecule has 0 saturated carbocycles. The predicted molar refractivity (Wildman–Crippen MR) is 96.3 cm³/mol. The molecular weight excluding hydrogens is 316 g/mol. The molecule has 2 aliphatic rings. The zero-order chi connectivity index (χ0) is 18.0. The molecule has 5 heteroatoms. The number of nitrogens with zero attached hydrogens (tertiary/aromatic N) is 2. The van der Waals surface area contributed by atoms with E-state index in [2.05, 4.69) is 26.8 Å². The zero-order valence-electron chi connectivity index (χ0n) is 15.4. The maximum Gasteiger partial charge on any atom is 0.228 e. The number of likely N-dealkylation sites (tertiary alicyclic amines) is 2. The van der Waals surface area contributed by atoms with Crippen LogP contribution in [0.25, 0.3) is 0 Å². The Hall–Kier alpha value is -2.04. The van der Waals surface area contributed by atoms with Crippen molar-refractivity contribution in [3.05, 3.63) is 29.8 Å². The minimum absolute atomic E-state index is 0.0560. The highest BCUT2D eigenvalue weighted by atomic mass is 16.5. The van der Waals surface area contributed by atoms with Crippen LogP contribution in [0, 0.1) is 11.8 Å². The average molecular weight is 344 g/mol. The normalized spacial score (nSPS) is 21.0. The first-order valence-corrected chi connectivity index (χ1v) is 9.29. The highest BCUT2D eigenvalue weighted by Gasteiger charge is 2.41. The smallest absolute Gasteiger partial charge is 0.228 e. The molecule has 0 N–H and O–H groups in total.